The van der Waals surface area contributed by atoms with Gasteiger partial charge in [0.2, 0.25) is 0 Å². The normalized spacial score (nSPS) is 10.7. The number of hydrogen-bond donors (Lipinski definition) is 1. The summed E-state index contributed by atoms with van der Waals surface area (Å²) in [5, 5.41) is 5.59. The standard InChI is InChI=1S/C21H16N2OS2/c1-14-9-11-16(12-10-14)20(24)23-21-22-18(17-8-5-13-25-17)19(26-21)15-6-3-2-4-7-15/h2-13H,1H3,(H,22,23,24). The molecule has 0 aliphatic rings. The van der Waals surface area contributed by atoms with E-state index in [-0.39, 0.29) is 5.91 Å². The molecule has 2 aromatic heterocycles. The number of amides is 1. The summed E-state index contributed by atoms with van der Waals surface area (Å²) in [4.78, 5) is 19.4. The number of aromatic nitrogens is 1. The van der Waals surface area contributed by atoms with Gasteiger partial charge >= 0.3 is 0 Å². The fraction of sp³-hybridized carbons (Fsp3) is 0.0476. The Labute approximate surface area is 160 Å². The van der Waals surface area contributed by atoms with Crippen LogP contribution in [0.2, 0.25) is 0 Å². The number of anilines is 1. The lowest BCUT2D eigenvalue weighted by Crippen LogP contribution is -2.11. The highest BCUT2D eigenvalue weighted by atomic mass is 32.1. The number of rotatable bonds is 4. The van der Waals surface area contributed by atoms with Crippen LogP contribution in [0.3, 0.4) is 0 Å². The van der Waals surface area contributed by atoms with Gasteiger partial charge in [0, 0.05) is 5.56 Å². The summed E-state index contributed by atoms with van der Waals surface area (Å²) in [6.07, 6.45) is 0. The zero-order valence-electron chi connectivity index (χ0n) is 14.1. The molecule has 0 aliphatic heterocycles. The Morgan fingerprint density at radius 2 is 1.73 bits per heavy atom. The Hall–Kier alpha value is -2.76. The van der Waals surface area contributed by atoms with Crippen LogP contribution in [-0.4, -0.2) is 10.9 Å². The van der Waals surface area contributed by atoms with Crippen molar-refractivity contribution in [2.75, 3.05) is 5.32 Å². The highest BCUT2D eigenvalue weighted by molar-refractivity contribution is 7.20. The SMILES string of the molecule is Cc1ccc(C(=O)Nc2nc(-c3cccs3)c(-c3ccccc3)s2)cc1. The number of carbonyl (C=O) groups excluding carboxylic acids is 1. The first-order chi connectivity index (χ1) is 12.7. The van der Waals surface area contributed by atoms with Crippen molar-refractivity contribution in [3.05, 3.63) is 83.2 Å². The minimum absolute atomic E-state index is 0.143. The number of thiophene rings is 1. The molecule has 0 fully saturated rings. The summed E-state index contributed by atoms with van der Waals surface area (Å²) in [5.74, 6) is -0.143. The second-order valence-corrected chi connectivity index (χ2v) is 7.81. The first-order valence-corrected chi connectivity index (χ1v) is 9.88. The van der Waals surface area contributed by atoms with E-state index in [1.54, 1.807) is 11.3 Å². The molecule has 0 unspecified atom stereocenters. The van der Waals surface area contributed by atoms with Crippen molar-refractivity contribution < 1.29 is 4.79 Å². The Morgan fingerprint density at radius 3 is 2.42 bits per heavy atom. The maximum absolute atomic E-state index is 12.5. The van der Waals surface area contributed by atoms with Crippen LogP contribution in [0.5, 0.6) is 0 Å². The fourth-order valence-corrected chi connectivity index (χ4v) is 4.38. The van der Waals surface area contributed by atoms with Gasteiger partial charge in [0.25, 0.3) is 5.91 Å². The predicted octanol–water partition coefficient (Wildman–Crippen LogP) is 6.10. The lowest BCUT2D eigenvalue weighted by atomic mass is 10.1. The molecule has 0 saturated heterocycles. The molecule has 1 N–H and O–H groups in total. The van der Waals surface area contributed by atoms with Crippen LogP contribution in [0.25, 0.3) is 21.0 Å². The van der Waals surface area contributed by atoms with E-state index in [9.17, 15) is 4.79 Å². The number of carbonyl (C=O) groups is 1. The minimum atomic E-state index is -0.143. The molecule has 0 spiro atoms. The lowest BCUT2D eigenvalue weighted by molar-refractivity contribution is 0.102. The molecule has 2 heterocycles. The number of aryl methyl sites for hydroxylation is 1. The lowest BCUT2D eigenvalue weighted by Gasteiger charge is -2.01. The van der Waals surface area contributed by atoms with Crippen molar-refractivity contribution >= 4 is 33.7 Å². The molecule has 2 aromatic carbocycles. The maximum atomic E-state index is 12.5. The van der Waals surface area contributed by atoms with Gasteiger partial charge in [0.05, 0.1) is 9.75 Å². The molecule has 128 valence electrons. The van der Waals surface area contributed by atoms with E-state index in [0.29, 0.717) is 10.7 Å². The Balaban J connectivity index is 1.69. The summed E-state index contributed by atoms with van der Waals surface area (Å²) in [5.41, 5.74) is 3.77. The van der Waals surface area contributed by atoms with Crippen LogP contribution in [0.15, 0.2) is 72.1 Å². The van der Waals surface area contributed by atoms with E-state index >= 15 is 0 Å². The van der Waals surface area contributed by atoms with Crippen molar-refractivity contribution in [3.63, 3.8) is 0 Å². The third-order valence-corrected chi connectivity index (χ3v) is 5.85. The van der Waals surface area contributed by atoms with Crippen molar-refractivity contribution in [1.29, 1.82) is 0 Å². The Bertz CT molecular complexity index is 1020. The molecule has 0 radical (unpaired) electrons. The van der Waals surface area contributed by atoms with Gasteiger partial charge in [-0.2, -0.15) is 0 Å². The van der Waals surface area contributed by atoms with Gasteiger partial charge in [-0.15, -0.1) is 11.3 Å². The van der Waals surface area contributed by atoms with Gasteiger partial charge in [-0.05, 0) is 36.1 Å². The second-order valence-electron chi connectivity index (χ2n) is 5.86. The van der Waals surface area contributed by atoms with Crippen LogP contribution in [0.1, 0.15) is 15.9 Å². The van der Waals surface area contributed by atoms with Gasteiger partial charge < -0.3 is 0 Å². The fourth-order valence-electron chi connectivity index (χ4n) is 2.61. The monoisotopic (exact) mass is 376 g/mol. The maximum Gasteiger partial charge on any atom is 0.257 e. The number of thiazole rings is 1. The number of benzene rings is 2. The Morgan fingerprint density at radius 1 is 0.962 bits per heavy atom. The molecule has 3 nitrogen and oxygen atoms in total. The van der Waals surface area contributed by atoms with Gasteiger partial charge in [-0.25, -0.2) is 4.98 Å². The first-order valence-electron chi connectivity index (χ1n) is 8.19. The van der Waals surface area contributed by atoms with Crippen LogP contribution >= 0.6 is 22.7 Å². The highest BCUT2D eigenvalue weighted by Crippen LogP contribution is 2.40. The molecule has 1 amide bonds. The van der Waals surface area contributed by atoms with E-state index in [4.69, 9.17) is 4.98 Å². The molecule has 4 rings (SSSR count). The van der Waals surface area contributed by atoms with Crippen molar-refractivity contribution in [2.24, 2.45) is 0 Å². The van der Waals surface area contributed by atoms with E-state index < -0.39 is 0 Å². The Kier molecular flexibility index (Phi) is 4.65. The summed E-state index contributed by atoms with van der Waals surface area (Å²) in [7, 11) is 0. The topological polar surface area (TPSA) is 42.0 Å². The average molecular weight is 377 g/mol. The van der Waals surface area contributed by atoms with Crippen molar-refractivity contribution in [3.8, 4) is 21.0 Å². The zero-order valence-corrected chi connectivity index (χ0v) is 15.7. The molecule has 0 atom stereocenters. The number of hydrogen-bond acceptors (Lipinski definition) is 4. The third-order valence-electron chi connectivity index (χ3n) is 3.95. The smallest absolute Gasteiger partial charge is 0.257 e. The summed E-state index contributed by atoms with van der Waals surface area (Å²) >= 11 is 3.15. The molecule has 0 bridgehead atoms. The van der Waals surface area contributed by atoms with Gasteiger partial charge in [-0.3, -0.25) is 10.1 Å². The molecular formula is C21H16N2OS2. The zero-order chi connectivity index (χ0) is 17.9. The average Bonchev–Trinajstić information content (AvgIpc) is 3.32. The predicted molar refractivity (Wildman–Crippen MR) is 110 cm³/mol. The largest absolute Gasteiger partial charge is 0.298 e. The van der Waals surface area contributed by atoms with Gasteiger partial charge in [0.15, 0.2) is 5.13 Å². The van der Waals surface area contributed by atoms with Crippen molar-refractivity contribution in [1.82, 2.24) is 4.98 Å². The van der Waals surface area contributed by atoms with E-state index in [2.05, 4.69) is 23.5 Å². The third kappa shape index (κ3) is 3.45. The molecule has 0 saturated carbocycles. The molecular weight excluding hydrogens is 360 g/mol. The van der Waals surface area contributed by atoms with Crippen LogP contribution < -0.4 is 5.32 Å². The quantitative estimate of drug-likeness (QED) is 0.467. The van der Waals surface area contributed by atoms with Crippen LogP contribution in [-0.2, 0) is 0 Å². The summed E-state index contributed by atoms with van der Waals surface area (Å²) in [6, 6.07) is 21.7. The summed E-state index contributed by atoms with van der Waals surface area (Å²) < 4.78 is 0. The molecule has 4 aromatic rings. The van der Waals surface area contributed by atoms with Crippen LogP contribution in [0.4, 0.5) is 5.13 Å². The van der Waals surface area contributed by atoms with Gasteiger partial charge in [-0.1, -0.05) is 65.4 Å². The second kappa shape index (κ2) is 7.23. The first kappa shape index (κ1) is 16.7. The van der Waals surface area contributed by atoms with Crippen LogP contribution in [0, 0.1) is 6.92 Å². The highest BCUT2D eigenvalue weighted by Gasteiger charge is 2.17. The van der Waals surface area contributed by atoms with Gasteiger partial charge in [0.1, 0.15) is 5.69 Å². The minimum Gasteiger partial charge on any atom is -0.298 e. The van der Waals surface area contributed by atoms with E-state index in [0.717, 1.165) is 26.6 Å². The van der Waals surface area contributed by atoms with E-state index in [1.807, 2.05) is 60.8 Å². The number of nitrogens with zero attached hydrogens (tertiary/aromatic N) is 1. The molecule has 5 heteroatoms. The molecule has 26 heavy (non-hydrogen) atoms. The van der Waals surface area contributed by atoms with Crippen molar-refractivity contribution in [2.45, 2.75) is 6.92 Å². The van der Waals surface area contributed by atoms with E-state index in [1.165, 1.54) is 11.3 Å². The molecule has 0 aliphatic carbocycles. The number of nitrogens with one attached hydrogen (secondary N) is 1. The summed E-state index contributed by atoms with van der Waals surface area (Å²) in [6.45, 7) is 2.00.